The summed E-state index contributed by atoms with van der Waals surface area (Å²) in [5.74, 6) is 2.54. The minimum Gasteiger partial charge on any atom is -0.438 e. The van der Waals surface area contributed by atoms with Gasteiger partial charge in [-0.3, -0.25) is 9.59 Å². The Morgan fingerprint density at radius 3 is 2.86 bits per heavy atom. The maximum Gasteiger partial charge on any atom is 0.310 e. The van der Waals surface area contributed by atoms with Gasteiger partial charge >= 0.3 is 5.97 Å². The summed E-state index contributed by atoms with van der Waals surface area (Å²) in [6, 6.07) is 0. The second-order valence-electron chi connectivity index (χ2n) is 7.20. The van der Waals surface area contributed by atoms with Crippen LogP contribution < -0.4 is 0 Å². The van der Waals surface area contributed by atoms with Crippen LogP contribution in [0.4, 0.5) is 0 Å². The number of hydrogen-bond donors (Lipinski definition) is 0. The number of ether oxygens (including phenoxy) is 2. The highest BCUT2D eigenvalue weighted by molar-refractivity contribution is 5.85. The van der Waals surface area contributed by atoms with Gasteiger partial charge in [-0.25, -0.2) is 0 Å². The quantitative estimate of drug-likeness (QED) is 0.429. The molecule has 0 radical (unpaired) electrons. The maximum atomic E-state index is 12.3. The van der Waals surface area contributed by atoms with E-state index in [1.807, 2.05) is 13.8 Å². The van der Waals surface area contributed by atoms with E-state index in [4.69, 9.17) is 9.47 Å². The number of rotatable bonds is 6. The molecule has 4 aliphatic carbocycles. The van der Waals surface area contributed by atoms with Crippen molar-refractivity contribution in [1.29, 1.82) is 0 Å². The minimum absolute atomic E-state index is 0.0279. The van der Waals surface area contributed by atoms with E-state index in [2.05, 4.69) is 0 Å². The molecule has 0 aliphatic heterocycles. The van der Waals surface area contributed by atoms with E-state index in [1.54, 1.807) is 0 Å². The van der Waals surface area contributed by atoms with Crippen molar-refractivity contribution in [2.75, 3.05) is 13.4 Å². The molecule has 0 aromatic rings. The van der Waals surface area contributed by atoms with Crippen molar-refractivity contribution in [2.24, 2.45) is 35.5 Å². The molecule has 6 unspecified atom stereocenters. The lowest BCUT2D eigenvalue weighted by atomic mass is 9.51. The van der Waals surface area contributed by atoms with Crippen LogP contribution in [0.1, 0.15) is 46.0 Å². The van der Waals surface area contributed by atoms with Gasteiger partial charge in [-0.2, -0.15) is 0 Å². The van der Waals surface area contributed by atoms with E-state index < -0.39 is 0 Å². The fourth-order valence-electron chi connectivity index (χ4n) is 4.60. The average Bonchev–Trinajstić information content (AvgIpc) is 2.49. The van der Waals surface area contributed by atoms with E-state index >= 15 is 0 Å². The van der Waals surface area contributed by atoms with Crippen molar-refractivity contribution in [3.8, 4) is 0 Å². The molecule has 0 amide bonds. The van der Waals surface area contributed by atoms with Gasteiger partial charge in [-0.15, -0.1) is 0 Å². The van der Waals surface area contributed by atoms with Crippen molar-refractivity contribution in [1.82, 2.24) is 0 Å². The van der Waals surface area contributed by atoms with E-state index in [0.29, 0.717) is 30.1 Å². The fourth-order valence-corrected chi connectivity index (χ4v) is 4.60. The summed E-state index contributed by atoms with van der Waals surface area (Å²) in [4.78, 5) is 23.9. The van der Waals surface area contributed by atoms with Crippen LogP contribution in [-0.2, 0) is 19.1 Å². The summed E-state index contributed by atoms with van der Waals surface area (Å²) in [6.45, 7) is 4.42. The van der Waals surface area contributed by atoms with E-state index in [-0.39, 0.29) is 24.6 Å². The molecule has 0 saturated heterocycles. The Morgan fingerprint density at radius 1 is 1.29 bits per heavy atom. The molecule has 0 N–H and O–H groups in total. The highest BCUT2D eigenvalue weighted by atomic mass is 16.7. The molecule has 0 heterocycles. The Kier molecular flexibility index (Phi) is 4.34. The second-order valence-corrected chi connectivity index (χ2v) is 7.20. The van der Waals surface area contributed by atoms with Crippen LogP contribution in [0.5, 0.6) is 0 Å². The lowest BCUT2D eigenvalue weighted by Crippen LogP contribution is -2.52. The van der Waals surface area contributed by atoms with Crippen LogP contribution in [0.25, 0.3) is 0 Å². The lowest BCUT2D eigenvalue weighted by molar-refractivity contribution is -0.168. The van der Waals surface area contributed by atoms with Crippen molar-refractivity contribution in [3.05, 3.63) is 0 Å². The van der Waals surface area contributed by atoms with Gasteiger partial charge in [0.2, 0.25) is 0 Å². The molecule has 4 bridgehead atoms. The van der Waals surface area contributed by atoms with Crippen LogP contribution >= 0.6 is 0 Å². The zero-order valence-corrected chi connectivity index (χ0v) is 13.0. The predicted octanol–water partition coefficient (Wildman–Crippen LogP) is 2.80. The Labute approximate surface area is 126 Å². The maximum absolute atomic E-state index is 12.3. The van der Waals surface area contributed by atoms with Crippen molar-refractivity contribution >= 4 is 11.8 Å². The molecule has 0 spiro atoms. The highest BCUT2D eigenvalue weighted by Crippen LogP contribution is 2.54. The first-order chi connectivity index (χ1) is 10.1. The molecule has 118 valence electrons. The second kappa shape index (κ2) is 6.07. The number of esters is 1. The molecule has 0 aromatic carbocycles. The van der Waals surface area contributed by atoms with Crippen LogP contribution in [-0.4, -0.2) is 25.2 Å². The van der Waals surface area contributed by atoms with Gasteiger partial charge in [0, 0.05) is 11.8 Å². The molecule has 4 nitrogen and oxygen atoms in total. The number of hydrogen-bond acceptors (Lipinski definition) is 4. The molecule has 6 atom stereocenters. The molecule has 4 saturated carbocycles. The Balaban J connectivity index is 1.46. The van der Waals surface area contributed by atoms with Gasteiger partial charge in [-0.1, -0.05) is 13.8 Å². The summed E-state index contributed by atoms with van der Waals surface area (Å²) >= 11 is 0. The molecular weight excluding hydrogens is 268 g/mol. The fraction of sp³-hybridized carbons (Fsp3) is 0.882. The first-order valence-electron chi connectivity index (χ1n) is 8.38. The Hall–Kier alpha value is -0.900. The molecule has 4 rings (SSSR count). The third-order valence-electron chi connectivity index (χ3n) is 5.93. The van der Waals surface area contributed by atoms with E-state index in [9.17, 15) is 9.59 Å². The van der Waals surface area contributed by atoms with Gasteiger partial charge in [0.05, 0.1) is 12.5 Å². The van der Waals surface area contributed by atoms with E-state index in [0.717, 1.165) is 31.6 Å². The zero-order valence-electron chi connectivity index (χ0n) is 13.0. The largest absolute Gasteiger partial charge is 0.438 e. The summed E-state index contributed by atoms with van der Waals surface area (Å²) in [6.07, 6.45) is 5.30. The van der Waals surface area contributed by atoms with Crippen LogP contribution in [0.2, 0.25) is 0 Å². The molecule has 4 aliphatic rings. The SMILES string of the molecule is CCC(C)C(=O)OCOCC1C2CC3CC(C2)C(=O)C1C3. The normalized spacial score (nSPS) is 38.6. The Morgan fingerprint density at radius 2 is 2.10 bits per heavy atom. The van der Waals surface area contributed by atoms with Gasteiger partial charge in [0.15, 0.2) is 6.79 Å². The van der Waals surface area contributed by atoms with Gasteiger partial charge in [0.25, 0.3) is 0 Å². The molecular formula is C17H26O4. The van der Waals surface area contributed by atoms with Crippen molar-refractivity contribution in [3.63, 3.8) is 0 Å². The lowest BCUT2D eigenvalue weighted by Gasteiger charge is -2.53. The van der Waals surface area contributed by atoms with Crippen LogP contribution in [0.3, 0.4) is 0 Å². The summed E-state index contributed by atoms with van der Waals surface area (Å²) in [7, 11) is 0. The molecule has 4 heteroatoms. The minimum atomic E-state index is -0.196. The van der Waals surface area contributed by atoms with Crippen molar-refractivity contribution < 1.29 is 19.1 Å². The predicted molar refractivity (Wildman–Crippen MR) is 77.3 cm³/mol. The standard InChI is InChI=1S/C17H26O4/c1-3-10(2)17(19)21-9-20-8-15-12-4-11-5-13(7-12)16(18)14(15)6-11/h10-15H,3-9H2,1-2H3. The van der Waals surface area contributed by atoms with Crippen LogP contribution in [0, 0.1) is 35.5 Å². The average molecular weight is 294 g/mol. The van der Waals surface area contributed by atoms with Gasteiger partial charge in [-0.05, 0) is 49.9 Å². The number of Topliss-reactive ketones (excluding diaryl/α,β-unsaturated/α-hetero) is 1. The first kappa shape index (κ1) is 15.0. The summed E-state index contributed by atoms with van der Waals surface area (Å²) in [5, 5.41) is 0. The number of carbonyl (C=O) groups excluding carboxylic acids is 2. The van der Waals surface area contributed by atoms with Gasteiger partial charge < -0.3 is 9.47 Å². The Bertz CT molecular complexity index is 419. The van der Waals surface area contributed by atoms with Crippen LogP contribution in [0.15, 0.2) is 0 Å². The third kappa shape index (κ3) is 2.87. The third-order valence-corrected chi connectivity index (χ3v) is 5.93. The summed E-state index contributed by atoms with van der Waals surface area (Å²) < 4.78 is 10.7. The zero-order chi connectivity index (χ0) is 15.0. The first-order valence-corrected chi connectivity index (χ1v) is 8.38. The number of carbonyl (C=O) groups is 2. The van der Waals surface area contributed by atoms with E-state index in [1.165, 1.54) is 6.42 Å². The molecule has 4 fully saturated rings. The topological polar surface area (TPSA) is 52.6 Å². The van der Waals surface area contributed by atoms with Crippen molar-refractivity contribution in [2.45, 2.75) is 46.0 Å². The molecule has 21 heavy (non-hydrogen) atoms. The molecule has 0 aromatic heterocycles. The van der Waals surface area contributed by atoms with Gasteiger partial charge in [0.1, 0.15) is 5.78 Å². The highest BCUT2D eigenvalue weighted by Gasteiger charge is 2.52. The monoisotopic (exact) mass is 294 g/mol. The smallest absolute Gasteiger partial charge is 0.310 e. The number of ketones is 1. The summed E-state index contributed by atoms with van der Waals surface area (Å²) in [5.41, 5.74) is 0.